The Morgan fingerprint density at radius 3 is 2.09 bits per heavy atom. The molecule has 0 spiro atoms. The zero-order valence-electron chi connectivity index (χ0n) is 19.8. The van der Waals surface area contributed by atoms with Crippen molar-refractivity contribution < 1.29 is 9.59 Å². The van der Waals surface area contributed by atoms with Crippen LogP contribution in [0.4, 0.5) is 0 Å². The van der Waals surface area contributed by atoms with E-state index >= 15 is 0 Å². The number of halogens is 2. The van der Waals surface area contributed by atoms with Gasteiger partial charge in [0.25, 0.3) is 0 Å². The van der Waals surface area contributed by atoms with Crippen LogP contribution in [-0.2, 0) is 28.3 Å². The summed E-state index contributed by atoms with van der Waals surface area (Å²) in [6.07, 6.45) is 1.26. The molecule has 2 amide bonds. The second-order valence-electron chi connectivity index (χ2n) is 8.20. The SMILES string of the molecule is CCCNC(=O)C(Cc1ccccc1)N(Cc1ccccc1)C(=O)CSCc1c(Cl)cccc1Cl. The number of thioether (sulfide) groups is 1. The minimum Gasteiger partial charge on any atom is -0.354 e. The molecule has 0 aliphatic rings. The fraction of sp³-hybridized carbons (Fsp3) is 0.286. The molecule has 7 heteroatoms. The van der Waals surface area contributed by atoms with Gasteiger partial charge in [0.1, 0.15) is 6.04 Å². The van der Waals surface area contributed by atoms with Crippen molar-refractivity contribution in [2.75, 3.05) is 12.3 Å². The first-order valence-corrected chi connectivity index (χ1v) is 13.6. The molecular weight excluding hydrogens is 499 g/mol. The Kier molecular flexibility index (Phi) is 11.0. The Morgan fingerprint density at radius 2 is 1.49 bits per heavy atom. The molecule has 3 aromatic carbocycles. The molecule has 4 nitrogen and oxygen atoms in total. The molecule has 0 aromatic heterocycles. The van der Waals surface area contributed by atoms with Gasteiger partial charge in [-0.05, 0) is 35.2 Å². The van der Waals surface area contributed by atoms with E-state index in [9.17, 15) is 9.59 Å². The van der Waals surface area contributed by atoms with E-state index in [0.717, 1.165) is 23.1 Å². The molecule has 1 atom stereocenters. The number of carbonyl (C=O) groups is 2. The molecule has 1 unspecified atom stereocenters. The van der Waals surface area contributed by atoms with Crippen molar-refractivity contribution in [3.63, 3.8) is 0 Å². The molecule has 35 heavy (non-hydrogen) atoms. The Balaban J connectivity index is 1.82. The molecule has 3 rings (SSSR count). The van der Waals surface area contributed by atoms with Crippen LogP contribution in [0.2, 0.25) is 10.0 Å². The highest BCUT2D eigenvalue weighted by Gasteiger charge is 2.30. The van der Waals surface area contributed by atoms with Gasteiger partial charge in [-0.2, -0.15) is 0 Å². The van der Waals surface area contributed by atoms with Crippen LogP contribution in [0.1, 0.15) is 30.0 Å². The zero-order chi connectivity index (χ0) is 25.0. The Morgan fingerprint density at radius 1 is 0.886 bits per heavy atom. The zero-order valence-corrected chi connectivity index (χ0v) is 22.1. The smallest absolute Gasteiger partial charge is 0.243 e. The van der Waals surface area contributed by atoms with Crippen molar-refractivity contribution in [3.05, 3.63) is 106 Å². The number of hydrogen-bond donors (Lipinski definition) is 1. The summed E-state index contributed by atoms with van der Waals surface area (Å²) in [4.78, 5) is 28.6. The molecular formula is C28H30Cl2N2O2S. The summed E-state index contributed by atoms with van der Waals surface area (Å²) < 4.78 is 0. The van der Waals surface area contributed by atoms with Crippen molar-refractivity contribution in [2.24, 2.45) is 0 Å². The normalized spacial score (nSPS) is 11.6. The standard InChI is InChI=1S/C28H30Cl2N2O2S/c1-2-16-31-28(34)26(17-21-10-5-3-6-11-21)32(18-22-12-7-4-8-13-22)27(33)20-35-19-23-24(29)14-9-15-25(23)30/h3-15,26H,2,16-20H2,1H3,(H,31,34). The van der Waals surface area contributed by atoms with Gasteiger partial charge in [-0.3, -0.25) is 9.59 Å². The number of rotatable bonds is 12. The summed E-state index contributed by atoms with van der Waals surface area (Å²) in [6.45, 7) is 2.93. The van der Waals surface area contributed by atoms with Gasteiger partial charge in [0, 0.05) is 35.3 Å². The van der Waals surface area contributed by atoms with Crippen LogP contribution < -0.4 is 5.32 Å². The first-order valence-electron chi connectivity index (χ1n) is 11.6. The highest BCUT2D eigenvalue weighted by atomic mass is 35.5. The van der Waals surface area contributed by atoms with Gasteiger partial charge in [0.05, 0.1) is 5.75 Å². The third-order valence-corrected chi connectivity index (χ3v) is 7.20. The van der Waals surface area contributed by atoms with Crippen molar-refractivity contribution in [3.8, 4) is 0 Å². The van der Waals surface area contributed by atoms with Crippen molar-refractivity contribution in [1.29, 1.82) is 0 Å². The topological polar surface area (TPSA) is 49.4 Å². The van der Waals surface area contributed by atoms with Crippen LogP contribution in [0.3, 0.4) is 0 Å². The lowest BCUT2D eigenvalue weighted by Crippen LogP contribution is -2.51. The monoisotopic (exact) mass is 528 g/mol. The lowest BCUT2D eigenvalue weighted by atomic mass is 10.0. The van der Waals surface area contributed by atoms with E-state index in [-0.39, 0.29) is 17.6 Å². The lowest BCUT2D eigenvalue weighted by molar-refractivity contribution is -0.139. The van der Waals surface area contributed by atoms with Crippen LogP contribution in [-0.4, -0.2) is 35.1 Å². The molecule has 0 saturated carbocycles. The molecule has 0 fully saturated rings. The van der Waals surface area contributed by atoms with Crippen LogP contribution in [0.5, 0.6) is 0 Å². The third-order valence-electron chi connectivity index (χ3n) is 5.55. The first kappa shape index (κ1) is 27.1. The molecule has 184 valence electrons. The average Bonchev–Trinajstić information content (AvgIpc) is 2.87. The number of carbonyl (C=O) groups excluding carboxylic acids is 2. The summed E-state index contributed by atoms with van der Waals surface area (Å²) in [5.41, 5.74) is 2.79. The van der Waals surface area contributed by atoms with E-state index in [0.29, 0.717) is 35.3 Å². The first-order chi connectivity index (χ1) is 17.0. The van der Waals surface area contributed by atoms with E-state index in [4.69, 9.17) is 23.2 Å². The van der Waals surface area contributed by atoms with Crippen LogP contribution >= 0.6 is 35.0 Å². The van der Waals surface area contributed by atoms with Crippen molar-refractivity contribution in [1.82, 2.24) is 10.2 Å². The fourth-order valence-corrected chi connectivity index (χ4v) is 5.34. The molecule has 0 saturated heterocycles. The van der Waals surface area contributed by atoms with E-state index in [1.165, 1.54) is 11.8 Å². The largest absolute Gasteiger partial charge is 0.354 e. The van der Waals surface area contributed by atoms with Gasteiger partial charge in [-0.1, -0.05) is 96.9 Å². The predicted molar refractivity (Wildman–Crippen MR) is 147 cm³/mol. The second-order valence-corrected chi connectivity index (χ2v) is 10.00. The Bertz CT molecular complexity index is 1080. The van der Waals surface area contributed by atoms with Gasteiger partial charge in [-0.15, -0.1) is 11.8 Å². The maximum atomic E-state index is 13.6. The minimum atomic E-state index is -0.624. The Hall–Kier alpha value is -2.47. The lowest BCUT2D eigenvalue weighted by Gasteiger charge is -2.31. The van der Waals surface area contributed by atoms with Crippen LogP contribution in [0.15, 0.2) is 78.9 Å². The van der Waals surface area contributed by atoms with Gasteiger partial charge in [0.2, 0.25) is 11.8 Å². The fourth-order valence-electron chi connectivity index (χ4n) is 3.69. The number of amides is 2. The highest BCUT2D eigenvalue weighted by Crippen LogP contribution is 2.28. The van der Waals surface area contributed by atoms with Gasteiger partial charge in [-0.25, -0.2) is 0 Å². The van der Waals surface area contributed by atoms with E-state index in [2.05, 4.69) is 5.32 Å². The molecule has 0 radical (unpaired) electrons. The second kappa shape index (κ2) is 14.2. The Labute approximate surface area is 222 Å². The molecule has 0 heterocycles. The van der Waals surface area contributed by atoms with Crippen LogP contribution in [0, 0.1) is 0 Å². The quantitative estimate of drug-likeness (QED) is 0.296. The van der Waals surface area contributed by atoms with Crippen molar-refractivity contribution >= 4 is 46.8 Å². The number of nitrogens with one attached hydrogen (secondary N) is 1. The average molecular weight is 530 g/mol. The molecule has 0 bridgehead atoms. The summed E-state index contributed by atoms with van der Waals surface area (Å²) in [6, 6.07) is 24.3. The maximum absolute atomic E-state index is 13.6. The highest BCUT2D eigenvalue weighted by molar-refractivity contribution is 7.99. The number of hydrogen-bond acceptors (Lipinski definition) is 3. The molecule has 3 aromatic rings. The van der Waals surface area contributed by atoms with E-state index in [1.807, 2.05) is 67.6 Å². The summed E-state index contributed by atoms with van der Waals surface area (Å²) in [7, 11) is 0. The van der Waals surface area contributed by atoms with Crippen LogP contribution in [0.25, 0.3) is 0 Å². The van der Waals surface area contributed by atoms with Gasteiger partial charge in [0.15, 0.2) is 0 Å². The summed E-state index contributed by atoms with van der Waals surface area (Å²) in [5.74, 6) is 0.476. The number of benzene rings is 3. The third kappa shape index (κ3) is 8.31. The van der Waals surface area contributed by atoms with Gasteiger partial charge >= 0.3 is 0 Å². The minimum absolute atomic E-state index is 0.102. The summed E-state index contributed by atoms with van der Waals surface area (Å²) in [5, 5.41) is 4.16. The number of nitrogens with zero attached hydrogens (tertiary/aromatic N) is 1. The predicted octanol–water partition coefficient (Wildman–Crippen LogP) is 6.39. The maximum Gasteiger partial charge on any atom is 0.243 e. The van der Waals surface area contributed by atoms with E-state index in [1.54, 1.807) is 23.1 Å². The molecule has 1 N–H and O–H groups in total. The van der Waals surface area contributed by atoms with Gasteiger partial charge < -0.3 is 10.2 Å². The van der Waals surface area contributed by atoms with E-state index < -0.39 is 6.04 Å². The molecule has 0 aliphatic carbocycles. The summed E-state index contributed by atoms with van der Waals surface area (Å²) >= 11 is 14.0. The molecule has 0 aliphatic heterocycles. The van der Waals surface area contributed by atoms with Crippen molar-refractivity contribution in [2.45, 2.75) is 38.1 Å².